The number of carbonyl (C=O) groups excluding carboxylic acids is 1. The molecular weight excluding hydrogens is 222 g/mol. The van der Waals surface area contributed by atoms with Crippen molar-refractivity contribution in [3.8, 4) is 5.75 Å². The van der Waals surface area contributed by atoms with Gasteiger partial charge >= 0.3 is 0 Å². The van der Waals surface area contributed by atoms with Crippen LogP contribution in [0, 0.1) is 0 Å². The lowest BCUT2D eigenvalue weighted by atomic mass is 10.0. The molecule has 0 aromatic heterocycles. The molecule has 0 saturated carbocycles. The van der Waals surface area contributed by atoms with Crippen molar-refractivity contribution in [1.29, 1.82) is 0 Å². The van der Waals surface area contributed by atoms with Crippen LogP contribution in [-0.2, 0) is 4.79 Å². The number of aliphatic hydroxyl groups excluding tert-OH is 2. The van der Waals surface area contributed by atoms with Crippen LogP contribution in [0.3, 0.4) is 0 Å². The highest BCUT2D eigenvalue weighted by atomic mass is 16.5. The van der Waals surface area contributed by atoms with Crippen LogP contribution in [0.25, 0.3) is 0 Å². The minimum absolute atomic E-state index is 0.295. The molecule has 0 bridgehead atoms. The van der Waals surface area contributed by atoms with Gasteiger partial charge in [-0.1, -0.05) is 12.1 Å². The molecule has 0 aliphatic carbocycles. The Morgan fingerprint density at radius 1 is 1.41 bits per heavy atom. The number of aliphatic hydroxyl groups is 2. The Labute approximate surface area is 100 Å². The molecule has 0 saturated heterocycles. The lowest BCUT2D eigenvalue weighted by Crippen LogP contribution is -2.40. The zero-order chi connectivity index (χ0) is 12.8. The van der Waals surface area contributed by atoms with E-state index in [0.29, 0.717) is 11.3 Å². The lowest BCUT2D eigenvalue weighted by molar-refractivity contribution is -0.121. The second-order valence-electron chi connectivity index (χ2n) is 3.71. The van der Waals surface area contributed by atoms with Gasteiger partial charge in [0.25, 0.3) is 0 Å². The fourth-order valence-corrected chi connectivity index (χ4v) is 1.52. The van der Waals surface area contributed by atoms with Crippen molar-refractivity contribution in [2.75, 3.05) is 13.7 Å². The van der Waals surface area contributed by atoms with Crippen LogP contribution in [0.4, 0.5) is 0 Å². The number of nitrogens with one attached hydrogen (secondary N) is 1. The molecule has 0 radical (unpaired) electrons. The highest BCUT2D eigenvalue weighted by molar-refractivity contribution is 5.73. The standard InChI is InChI=1S/C12H17NO4/c1-8(15)13-11(7-14)12(16)9-3-5-10(17-2)6-4-9/h3-6,11-12,14,16H,7H2,1-2H3,(H,13,15)/t11-,12-/m0/s1. The van der Waals surface area contributed by atoms with E-state index in [2.05, 4.69) is 5.32 Å². The minimum atomic E-state index is -0.949. The van der Waals surface area contributed by atoms with Crippen molar-refractivity contribution in [1.82, 2.24) is 5.32 Å². The molecule has 1 rings (SSSR count). The number of rotatable bonds is 5. The van der Waals surface area contributed by atoms with E-state index in [4.69, 9.17) is 9.84 Å². The third-order valence-corrected chi connectivity index (χ3v) is 2.42. The fourth-order valence-electron chi connectivity index (χ4n) is 1.52. The summed E-state index contributed by atoms with van der Waals surface area (Å²) >= 11 is 0. The smallest absolute Gasteiger partial charge is 0.217 e. The van der Waals surface area contributed by atoms with Crippen molar-refractivity contribution in [2.24, 2.45) is 0 Å². The van der Waals surface area contributed by atoms with Crippen molar-refractivity contribution < 1.29 is 19.7 Å². The molecule has 2 atom stereocenters. The fraction of sp³-hybridized carbons (Fsp3) is 0.417. The van der Waals surface area contributed by atoms with Gasteiger partial charge in [-0.15, -0.1) is 0 Å². The normalized spacial score (nSPS) is 13.9. The van der Waals surface area contributed by atoms with Gasteiger partial charge in [0.05, 0.1) is 19.8 Å². The summed E-state index contributed by atoms with van der Waals surface area (Å²) in [6.45, 7) is 1.01. The van der Waals surface area contributed by atoms with Crippen molar-refractivity contribution >= 4 is 5.91 Å². The van der Waals surface area contributed by atoms with Gasteiger partial charge in [0.2, 0.25) is 5.91 Å². The number of carbonyl (C=O) groups is 1. The maximum atomic E-state index is 10.9. The van der Waals surface area contributed by atoms with Crippen molar-refractivity contribution in [3.63, 3.8) is 0 Å². The third-order valence-electron chi connectivity index (χ3n) is 2.42. The van der Waals surface area contributed by atoms with Crippen LogP contribution >= 0.6 is 0 Å². The van der Waals surface area contributed by atoms with Crippen LogP contribution in [0.2, 0.25) is 0 Å². The molecule has 1 aromatic carbocycles. The molecule has 5 nitrogen and oxygen atoms in total. The number of methoxy groups -OCH3 is 1. The van der Waals surface area contributed by atoms with Crippen LogP contribution in [-0.4, -0.2) is 35.9 Å². The summed E-state index contributed by atoms with van der Waals surface area (Å²) in [6, 6.07) is 6.09. The maximum absolute atomic E-state index is 10.9. The van der Waals surface area contributed by atoms with Crippen LogP contribution < -0.4 is 10.1 Å². The van der Waals surface area contributed by atoms with E-state index in [0.717, 1.165) is 0 Å². The monoisotopic (exact) mass is 239 g/mol. The quantitative estimate of drug-likeness (QED) is 0.687. The molecule has 94 valence electrons. The Bertz CT molecular complexity index is 363. The minimum Gasteiger partial charge on any atom is -0.497 e. The molecule has 5 heteroatoms. The van der Waals surface area contributed by atoms with Gasteiger partial charge in [-0.2, -0.15) is 0 Å². The van der Waals surface area contributed by atoms with E-state index >= 15 is 0 Å². The summed E-state index contributed by atoms with van der Waals surface area (Å²) in [7, 11) is 1.55. The van der Waals surface area contributed by atoms with Crippen LogP contribution in [0.1, 0.15) is 18.6 Å². The van der Waals surface area contributed by atoms with Gasteiger partial charge in [0.1, 0.15) is 11.9 Å². The van der Waals surface area contributed by atoms with Gasteiger partial charge in [0.15, 0.2) is 0 Å². The maximum Gasteiger partial charge on any atom is 0.217 e. The van der Waals surface area contributed by atoms with Gasteiger partial charge in [-0.3, -0.25) is 4.79 Å². The number of amides is 1. The summed E-state index contributed by atoms with van der Waals surface area (Å²) in [4.78, 5) is 10.9. The van der Waals surface area contributed by atoms with E-state index in [-0.39, 0.29) is 12.5 Å². The first-order valence-electron chi connectivity index (χ1n) is 5.28. The second-order valence-corrected chi connectivity index (χ2v) is 3.71. The molecule has 1 amide bonds. The largest absolute Gasteiger partial charge is 0.497 e. The summed E-state index contributed by atoms with van der Waals surface area (Å²) in [6.07, 6.45) is -0.949. The zero-order valence-corrected chi connectivity index (χ0v) is 9.88. The number of hydrogen-bond acceptors (Lipinski definition) is 4. The van der Waals surface area contributed by atoms with Gasteiger partial charge < -0.3 is 20.3 Å². The topological polar surface area (TPSA) is 78.8 Å². The number of hydrogen-bond donors (Lipinski definition) is 3. The van der Waals surface area contributed by atoms with E-state index < -0.39 is 12.1 Å². The van der Waals surface area contributed by atoms with E-state index in [1.165, 1.54) is 6.92 Å². The third kappa shape index (κ3) is 3.72. The molecule has 3 N–H and O–H groups in total. The summed E-state index contributed by atoms with van der Waals surface area (Å²) in [5.74, 6) is 0.387. The van der Waals surface area contributed by atoms with Crippen molar-refractivity contribution in [2.45, 2.75) is 19.1 Å². The van der Waals surface area contributed by atoms with Gasteiger partial charge in [0, 0.05) is 6.92 Å². The van der Waals surface area contributed by atoms with Crippen molar-refractivity contribution in [3.05, 3.63) is 29.8 Å². The first-order valence-corrected chi connectivity index (χ1v) is 5.28. The molecule has 0 spiro atoms. The Hall–Kier alpha value is -1.59. The molecular formula is C12H17NO4. The Morgan fingerprint density at radius 3 is 2.41 bits per heavy atom. The second kappa shape index (κ2) is 6.22. The van der Waals surface area contributed by atoms with E-state index in [1.807, 2.05) is 0 Å². The Kier molecular flexibility index (Phi) is 4.93. The number of benzene rings is 1. The molecule has 0 heterocycles. The molecule has 0 fully saturated rings. The van der Waals surface area contributed by atoms with Gasteiger partial charge in [-0.05, 0) is 17.7 Å². The molecule has 0 aliphatic rings. The highest BCUT2D eigenvalue weighted by Crippen LogP contribution is 2.20. The predicted octanol–water partition coefficient (Wildman–Crippen LogP) is 0.226. The summed E-state index contributed by atoms with van der Waals surface area (Å²) in [5.41, 5.74) is 0.610. The number of ether oxygens (including phenoxy) is 1. The first-order chi connectivity index (χ1) is 8.08. The highest BCUT2D eigenvalue weighted by Gasteiger charge is 2.20. The average molecular weight is 239 g/mol. The predicted molar refractivity (Wildman–Crippen MR) is 62.6 cm³/mol. The lowest BCUT2D eigenvalue weighted by Gasteiger charge is -2.22. The summed E-state index contributed by atoms with van der Waals surface area (Å²) < 4.78 is 5.00. The average Bonchev–Trinajstić information content (AvgIpc) is 2.35. The van der Waals surface area contributed by atoms with Gasteiger partial charge in [-0.25, -0.2) is 0 Å². The summed E-state index contributed by atoms with van der Waals surface area (Å²) in [5, 5.41) is 21.6. The molecule has 0 aliphatic heterocycles. The van der Waals surface area contributed by atoms with E-state index in [9.17, 15) is 9.90 Å². The van der Waals surface area contributed by atoms with E-state index in [1.54, 1.807) is 31.4 Å². The molecule has 0 unspecified atom stereocenters. The van der Waals surface area contributed by atoms with Crippen LogP contribution in [0.5, 0.6) is 5.75 Å². The Balaban J connectivity index is 2.78. The molecule has 17 heavy (non-hydrogen) atoms. The van der Waals surface area contributed by atoms with Crippen LogP contribution in [0.15, 0.2) is 24.3 Å². The SMILES string of the molecule is COc1ccc([C@H](O)[C@H](CO)NC(C)=O)cc1. The molecule has 1 aromatic rings. The zero-order valence-electron chi connectivity index (χ0n) is 9.88. The first kappa shape index (κ1) is 13.5. The Morgan fingerprint density at radius 2 is 2.00 bits per heavy atom.